The number of aromatic nitrogens is 2. The van der Waals surface area contributed by atoms with Crippen molar-refractivity contribution < 1.29 is 8.78 Å². The monoisotopic (exact) mass is 217 g/mol. The van der Waals surface area contributed by atoms with E-state index in [1.165, 1.54) is 0 Å². The molecule has 0 aliphatic rings. The minimum absolute atomic E-state index is 0.584. The second kappa shape index (κ2) is 5.21. The predicted octanol–water partition coefficient (Wildman–Crippen LogP) is 2.03. The Bertz CT molecular complexity index is 310. The molecule has 1 N–H and O–H groups in total. The summed E-state index contributed by atoms with van der Waals surface area (Å²) in [7, 11) is 1.73. The molecule has 0 saturated heterocycles. The maximum absolute atomic E-state index is 12.8. The average Bonchev–Trinajstić information content (AvgIpc) is 2.46. The van der Waals surface area contributed by atoms with Gasteiger partial charge in [-0.25, -0.2) is 8.78 Å². The first kappa shape index (κ1) is 12.1. The molecule has 15 heavy (non-hydrogen) atoms. The van der Waals surface area contributed by atoms with Crippen LogP contribution < -0.4 is 5.32 Å². The van der Waals surface area contributed by atoms with E-state index < -0.39 is 12.5 Å². The number of nitrogens with one attached hydrogen (secondary N) is 1. The van der Waals surface area contributed by atoms with E-state index in [1.807, 2.05) is 6.92 Å². The van der Waals surface area contributed by atoms with Gasteiger partial charge in [0.25, 0.3) is 6.43 Å². The van der Waals surface area contributed by atoms with Crippen molar-refractivity contribution in [2.24, 2.45) is 7.05 Å². The van der Waals surface area contributed by atoms with Gasteiger partial charge >= 0.3 is 0 Å². The van der Waals surface area contributed by atoms with E-state index in [-0.39, 0.29) is 0 Å². The van der Waals surface area contributed by atoms with Gasteiger partial charge in [0, 0.05) is 18.8 Å². The van der Waals surface area contributed by atoms with Crippen molar-refractivity contribution in [2.75, 3.05) is 6.54 Å². The highest BCUT2D eigenvalue weighted by atomic mass is 19.3. The van der Waals surface area contributed by atoms with Gasteiger partial charge in [-0.3, -0.25) is 4.68 Å². The summed E-state index contributed by atoms with van der Waals surface area (Å²) in [6, 6.07) is -0.904. The van der Waals surface area contributed by atoms with Gasteiger partial charge in [-0.15, -0.1) is 0 Å². The highest BCUT2D eigenvalue weighted by Crippen LogP contribution is 2.22. The third-order valence-corrected chi connectivity index (χ3v) is 2.25. The lowest BCUT2D eigenvalue weighted by Gasteiger charge is -2.16. The topological polar surface area (TPSA) is 29.9 Å². The average molecular weight is 217 g/mol. The van der Waals surface area contributed by atoms with Crippen molar-refractivity contribution in [3.05, 3.63) is 17.5 Å². The Morgan fingerprint density at radius 2 is 2.20 bits per heavy atom. The van der Waals surface area contributed by atoms with Crippen molar-refractivity contribution >= 4 is 0 Å². The summed E-state index contributed by atoms with van der Waals surface area (Å²) in [4.78, 5) is 0. The van der Waals surface area contributed by atoms with Crippen LogP contribution in [0.3, 0.4) is 0 Å². The molecule has 0 amide bonds. The van der Waals surface area contributed by atoms with E-state index >= 15 is 0 Å². The number of alkyl halides is 2. The van der Waals surface area contributed by atoms with Crippen LogP contribution in [0.4, 0.5) is 8.78 Å². The van der Waals surface area contributed by atoms with E-state index in [0.717, 1.165) is 6.42 Å². The molecule has 3 nitrogen and oxygen atoms in total. The van der Waals surface area contributed by atoms with Crippen LogP contribution in [0.5, 0.6) is 0 Å². The van der Waals surface area contributed by atoms with Gasteiger partial charge in [-0.2, -0.15) is 5.10 Å². The molecule has 0 spiro atoms. The molecule has 1 heterocycles. The second-order valence-corrected chi connectivity index (χ2v) is 3.61. The highest BCUT2D eigenvalue weighted by Gasteiger charge is 2.24. The fourth-order valence-electron chi connectivity index (χ4n) is 1.56. The molecule has 86 valence electrons. The minimum atomic E-state index is -2.40. The van der Waals surface area contributed by atoms with Crippen LogP contribution in [0, 0.1) is 6.92 Å². The van der Waals surface area contributed by atoms with Gasteiger partial charge in [0.1, 0.15) is 0 Å². The lowest BCUT2D eigenvalue weighted by Crippen LogP contribution is -2.28. The summed E-state index contributed by atoms with van der Waals surface area (Å²) in [5.74, 6) is 0. The molecule has 0 radical (unpaired) electrons. The number of hydrogen-bond acceptors (Lipinski definition) is 2. The van der Waals surface area contributed by atoms with Crippen LogP contribution >= 0.6 is 0 Å². The molecule has 5 heteroatoms. The van der Waals surface area contributed by atoms with Gasteiger partial charge in [0.15, 0.2) is 0 Å². The number of nitrogens with zero attached hydrogens (tertiary/aromatic N) is 2. The number of aryl methyl sites for hydroxylation is 2. The Kier molecular flexibility index (Phi) is 4.20. The summed E-state index contributed by atoms with van der Waals surface area (Å²) >= 11 is 0. The van der Waals surface area contributed by atoms with Gasteiger partial charge < -0.3 is 5.32 Å². The highest BCUT2D eigenvalue weighted by molar-refractivity contribution is 5.20. The Hall–Kier alpha value is -0.970. The third-order valence-electron chi connectivity index (χ3n) is 2.25. The minimum Gasteiger partial charge on any atom is -0.305 e. The van der Waals surface area contributed by atoms with Crippen molar-refractivity contribution in [1.29, 1.82) is 0 Å². The summed E-state index contributed by atoms with van der Waals surface area (Å²) in [5.41, 5.74) is 1.24. The fourth-order valence-corrected chi connectivity index (χ4v) is 1.56. The van der Waals surface area contributed by atoms with Crippen LogP contribution in [-0.4, -0.2) is 22.8 Å². The zero-order valence-electron chi connectivity index (χ0n) is 9.30. The first-order chi connectivity index (χ1) is 7.06. The van der Waals surface area contributed by atoms with Crippen LogP contribution in [0.25, 0.3) is 0 Å². The largest absolute Gasteiger partial charge is 0.305 e. The Labute approximate surface area is 88.5 Å². The Morgan fingerprint density at radius 1 is 1.53 bits per heavy atom. The van der Waals surface area contributed by atoms with Gasteiger partial charge in [0.05, 0.1) is 11.7 Å². The summed E-state index contributed by atoms with van der Waals surface area (Å²) in [6.07, 6.45) is 0.0802. The zero-order chi connectivity index (χ0) is 11.4. The SMILES string of the molecule is CCCNC(c1cn(C)nc1C)C(F)F. The first-order valence-corrected chi connectivity index (χ1v) is 5.08. The smallest absolute Gasteiger partial charge is 0.257 e. The van der Waals surface area contributed by atoms with E-state index in [4.69, 9.17) is 0 Å². The maximum Gasteiger partial charge on any atom is 0.257 e. The quantitative estimate of drug-likeness (QED) is 0.818. The predicted molar refractivity (Wildman–Crippen MR) is 55.0 cm³/mol. The summed E-state index contributed by atoms with van der Waals surface area (Å²) in [6.45, 7) is 4.29. The van der Waals surface area contributed by atoms with Gasteiger partial charge in [0.2, 0.25) is 0 Å². The van der Waals surface area contributed by atoms with Crippen molar-refractivity contribution in [3.63, 3.8) is 0 Å². The van der Waals surface area contributed by atoms with E-state index in [2.05, 4.69) is 10.4 Å². The van der Waals surface area contributed by atoms with Crippen LogP contribution in [0.2, 0.25) is 0 Å². The normalized spacial score (nSPS) is 13.5. The van der Waals surface area contributed by atoms with Crippen LogP contribution in [0.15, 0.2) is 6.20 Å². The van der Waals surface area contributed by atoms with E-state index in [1.54, 1.807) is 24.9 Å². The van der Waals surface area contributed by atoms with E-state index in [9.17, 15) is 8.78 Å². The number of rotatable bonds is 5. The van der Waals surface area contributed by atoms with Gasteiger partial charge in [-0.1, -0.05) is 6.92 Å². The molecule has 0 fully saturated rings. The molecule has 0 aliphatic carbocycles. The standard InChI is InChI=1S/C10H17F2N3/c1-4-5-13-9(10(11)12)8-6-15(3)14-7(8)2/h6,9-10,13H,4-5H2,1-3H3. The Balaban J connectivity index is 2.83. The molecule has 1 aromatic rings. The molecular formula is C10H17F2N3. The third kappa shape index (κ3) is 2.99. The lowest BCUT2D eigenvalue weighted by atomic mass is 10.1. The number of halogens is 2. The van der Waals surface area contributed by atoms with Crippen molar-refractivity contribution in [3.8, 4) is 0 Å². The van der Waals surface area contributed by atoms with Crippen molar-refractivity contribution in [1.82, 2.24) is 15.1 Å². The second-order valence-electron chi connectivity index (χ2n) is 3.61. The van der Waals surface area contributed by atoms with E-state index in [0.29, 0.717) is 17.8 Å². The van der Waals surface area contributed by atoms with Crippen LogP contribution in [0.1, 0.15) is 30.6 Å². The van der Waals surface area contributed by atoms with Crippen molar-refractivity contribution in [2.45, 2.75) is 32.7 Å². The number of hydrogen-bond donors (Lipinski definition) is 1. The molecule has 1 aromatic heterocycles. The van der Waals surface area contributed by atoms with Crippen LogP contribution in [-0.2, 0) is 7.05 Å². The molecule has 1 rings (SSSR count). The molecule has 1 atom stereocenters. The summed E-state index contributed by atoms with van der Waals surface area (Å²) < 4.78 is 27.2. The zero-order valence-corrected chi connectivity index (χ0v) is 9.30. The summed E-state index contributed by atoms with van der Waals surface area (Å²) in [5, 5.41) is 6.90. The lowest BCUT2D eigenvalue weighted by molar-refractivity contribution is 0.0982. The molecule has 1 unspecified atom stereocenters. The molecule has 0 aliphatic heterocycles. The fraction of sp³-hybridized carbons (Fsp3) is 0.700. The molecule has 0 aromatic carbocycles. The first-order valence-electron chi connectivity index (χ1n) is 5.08. The Morgan fingerprint density at radius 3 is 2.60 bits per heavy atom. The maximum atomic E-state index is 12.8. The molecule has 0 bridgehead atoms. The molecular weight excluding hydrogens is 200 g/mol. The van der Waals surface area contributed by atoms with Gasteiger partial charge in [-0.05, 0) is 19.9 Å². The molecule has 0 saturated carbocycles.